The Hall–Kier alpha value is -0.925. The minimum Gasteiger partial charge on any atom is -0.235 e. The van der Waals surface area contributed by atoms with Crippen molar-refractivity contribution in [3.63, 3.8) is 0 Å². The largest absolute Gasteiger partial charge is 0.456 e. The van der Waals surface area contributed by atoms with Gasteiger partial charge in [-0.05, 0) is 5.31 Å². The molecule has 0 amide bonds. The predicted octanol–water partition coefficient (Wildman–Crippen LogP) is 0.269. The highest BCUT2D eigenvalue weighted by Crippen LogP contribution is 2.24. The maximum atomic E-state index is 4.10. The zero-order valence-electron chi connectivity index (χ0n) is 8.86. The van der Waals surface area contributed by atoms with Crippen LogP contribution in [0.2, 0.25) is 5.31 Å². The van der Waals surface area contributed by atoms with Crippen molar-refractivity contribution in [3.8, 4) is 0 Å². The van der Waals surface area contributed by atoms with E-state index in [0.29, 0.717) is 0 Å². The number of nitrogens with zero attached hydrogens (tertiary/aromatic N) is 3. The smallest absolute Gasteiger partial charge is 0.235 e. The summed E-state index contributed by atoms with van der Waals surface area (Å²) in [4.78, 5) is 4.10. The maximum absolute atomic E-state index is 4.10. The third-order valence-electron chi connectivity index (χ3n) is 2.17. The van der Waals surface area contributed by atoms with Gasteiger partial charge in [-0.2, -0.15) is 4.57 Å². The first-order valence-corrected chi connectivity index (χ1v) is 4.60. The van der Waals surface area contributed by atoms with Gasteiger partial charge in [0.1, 0.15) is 7.05 Å². The number of rotatable bonds is 3. The molecule has 0 aromatic carbocycles. The van der Waals surface area contributed by atoms with Crippen molar-refractivity contribution < 1.29 is 9.05 Å². The quantitative estimate of drug-likeness (QED) is 0.480. The molecule has 0 aliphatic rings. The lowest BCUT2D eigenvalue weighted by atomic mass is 9.61. The summed E-state index contributed by atoms with van der Waals surface area (Å²) < 4.78 is 3.94. The second-order valence-corrected chi connectivity index (χ2v) is 4.08. The van der Waals surface area contributed by atoms with Crippen molar-refractivity contribution >= 4 is 7.41 Å². The van der Waals surface area contributed by atoms with E-state index in [0.717, 1.165) is 6.42 Å². The average molecular weight is 178 g/mol. The number of hydrogen-bond donors (Lipinski definition) is 0. The summed E-state index contributed by atoms with van der Waals surface area (Å²) in [6.45, 7) is 6.62. The van der Waals surface area contributed by atoms with Gasteiger partial charge in [0.2, 0.25) is 0 Å². The van der Waals surface area contributed by atoms with E-state index in [1.54, 1.807) is 6.33 Å². The van der Waals surface area contributed by atoms with Gasteiger partial charge in [0.05, 0.1) is 4.98 Å². The van der Waals surface area contributed by atoms with E-state index in [9.17, 15) is 0 Å². The highest BCUT2D eigenvalue weighted by molar-refractivity contribution is 6.29. The molecular weight excluding hydrogens is 161 g/mol. The first-order chi connectivity index (χ1) is 6.03. The summed E-state index contributed by atoms with van der Waals surface area (Å²) in [6, 6.07) is 0. The molecule has 0 atom stereocenters. The van der Waals surface area contributed by atoms with Crippen molar-refractivity contribution in [2.45, 2.75) is 32.5 Å². The number of aromatic nitrogens is 3. The lowest BCUT2D eigenvalue weighted by Crippen LogP contribution is -2.51. The lowest BCUT2D eigenvalue weighted by Gasteiger charge is -2.14. The molecule has 0 saturated carbocycles. The van der Waals surface area contributed by atoms with Crippen molar-refractivity contribution in [2.75, 3.05) is 0 Å². The van der Waals surface area contributed by atoms with E-state index >= 15 is 0 Å². The summed E-state index contributed by atoms with van der Waals surface area (Å²) in [5.41, 5.74) is 0. The summed E-state index contributed by atoms with van der Waals surface area (Å²) in [6.07, 6.45) is 6.73. The molecule has 0 N–H and O–H groups in total. The molecule has 69 valence electrons. The topological polar surface area (TPSA) is 20.6 Å². The molecule has 0 aliphatic heterocycles. The van der Waals surface area contributed by atoms with Crippen molar-refractivity contribution in [2.24, 2.45) is 7.05 Å². The first-order valence-electron chi connectivity index (χ1n) is 4.60. The van der Waals surface area contributed by atoms with Crippen LogP contribution in [0.3, 0.4) is 0 Å². The van der Waals surface area contributed by atoms with Gasteiger partial charge in [-0.25, -0.2) is 4.48 Å². The van der Waals surface area contributed by atoms with E-state index in [-0.39, 0.29) is 5.31 Å². The molecule has 0 fully saturated rings. The first kappa shape index (κ1) is 10.2. The monoisotopic (exact) mass is 178 g/mol. The van der Waals surface area contributed by atoms with Gasteiger partial charge in [0.25, 0.3) is 6.33 Å². The van der Waals surface area contributed by atoms with Crippen LogP contribution in [0.5, 0.6) is 0 Å². The van der Waals surface area contributed by atoms with E-state index in [1.165, 1.54) is 0 Å². The van der Waals surface area contributed by atoms with E-state index < -0.39 is 0 Å². The molecule has 3 nitrogen and oxygen atoms in total. The molecule has 0 saturated heterocycles. The Bertz CT molecular complexity index is 286. The van der Waals surface area contributed by atoms with Crippen LogP contribution < -0.4 is 9.05 Å². The summed E-state index contributed by atoms with van der Waals surface area (Å²) in [5.74, 6) is 0. The van der Waals surface area contributed by atoms with E-state index in [4.69, 9.17) is 0 Å². The Morgan fingerprint density at radius 1 is 1.38 bits per heavy atom. The van der Waals surface area contributed by atoms with Crippen LogP contribution in [-0.4, -0.2) is 12.4 Å². The van der Waals surface area contributed by atoms with Gasteiger partial charge in [0, 0.05) is 0 Å². The van der Waals surface area contributed by atoms with Gasteiger partial charge in [0.15, 0.2) is 0 Å². The van der Waals surface area contributed by atoms with Crippen LogP contribution in [0.15, 0.2) is 19.0 Å². The summed E-state index contributed by atoms with van der Waals surface area (Å²) in [5, 5.41) is 0.223. The van der Waals surface area contributed by atoms with Crippen LogP contribution in [0.25, 0.3) is 0 Å². The zero-order valence-corrected chi connectivity index (χ0v) is 8.86. The van der Waals surface area contributed by atoms with Gasteiger partial charge >= 0.3 is 20.1 Å². The molecule has 1 aromatic rings. The van der Waals surface area contributed by atoms with Crippen LogP contribution in [-0.2, 0) is 7.05 Å². The van der Waals surface area contributed by atoms with Gasteiger partial charge < -0.3 is 0 Å². The second-order valence-electron chi connectivity index (χ2n) is 4.08. The number of aryl methyl sites for hydroxylation is 1. The highest BCUT2D eigenvalue weighted by Gasteiger charge is 2.26. The van der Waals surface area contributed by atoms with Crippen molar-refractivity contribution in [3.05, 3.63) is 19.0 Å². The molecule has 1 aromatic heterocycles. The summed E-state index contributed by atoms with van der Waals surface area (Å²) in [7, 11) is 4.15. The number of hydrogen-bond acceptors (Lipinski definition) is 1. The molecule has 13 heavy (non-hydrogen) atoms. The van der Waals surface area contributed by atoms with E-state index in [1.807, 2.05) is 28.7 Å². The zero-order chi connectivity index (χ0) is 9.90. The standard InChI is InChI=1S/C9H17BN3/c1-5-9(2,3)10-13-7-11-6-12(4)8-13/h6-8H,5H2,1-4H3/q+2. The third-order valence-corrected chi connectivity index (χ3v) is 2.17. The molecule has 1 rings (SSSR count). The minimum atomic E-state index is 0.223. The highest BCUT2D eigenvalue weighted by atomic mass is 15.1. The normalized spacial score (nSPS) is 11.4. The van der Waals surface area contributed by atoms with Gasteiger partial charge in [-0.1, -0.05) is 27.2 Å². The lowest BCUT2D eigenvalue weighted by molar-refractivity contribution is -0.761. The molecule has 4 heteroatoms. The Balaban J connectivity index is 2.74. The van der Waals surface area contributed by atoms with Crippen LogP contribution in [0.1, 0.15) is 27.2 Å². The summed E-state index contributed by atoms with van der Waals surface area (Å²) >= 11 is 0. The SMILES string of the molecule is CCC(C)(C)[B][n+]1cnc[n+](C)c1. The molecule has 0 unspecified atom stereocenters. The molecule has 0 spiro atoms. The fourth-order valence-electron chi connectivity index (χ4n) is 1.04. The van der Waals surface area contributed by atoms with Gasteiger partial charge in [-0.15, -0.1) is 0 Å². The third kappa shape index (κ3) is 3.13. The fourth-order valence-corrected chi connectivity index (χ4v) is 1.04. The minimum absolute atomic E-state index is 0.223. The van der Waals surface area contributed by atoms with Crippen LogP contribution in [0, 0.1) is 0 Å². The molecule has 1 radical (unpaired) electrons. The second kappa shape index (κ2) is 3.86. The molecule has 1 heterocycles. The van der Waals surface area contributed by atoms with Crippen LogP contribution >= 0.6 is 0 Å². The molecule has 0 bridgehead atoms. The van der Waals surface area contributed by atoms with E-state index in [2.05, 4.69) is 33.2 Å². The van der Waals surface area contributed by atoms with Crippen molar-refractivity contribution in [1.29, 1.82) is 0 Å². The fraction of sp³-hybridized carbons (Fsp3) is 0.667. The van der Waals surface area contributed by atoms with Crippen molar-refractivity contribution in [1.82, 2.24) is 4.98 Å². The molecular formula is C9H17BN3+2. The Labute approximate surface area is 80.7 Å². The Kier molecular flexibility index (Phi) is 3.01. The van der Waals surface area contributed by atoms with Gasteiger partial charge in [-0.3, -0.25) is 0 Å². The Morgan fingerprint density at radius 2 is 2.08 bits per heavy atom. The Morgan fingerprint density at radius 3 is 2.62 bits per heavy atom. The van der Waals surface area contributed by atoms with Crippen LogP contribution in [0.4, 0.5) is 0 Å². The predicted molar refractivity (Wildman–Crippen MR) is 51.1 cm³/mol. The average Bonchev–Trinajstić information content (AvgIpc) is 2.03. The molecule has 0 aliphatic carbocycles. The maximum Gasteiger partial charge on any atom is 0.456 e.